The van der Waals surface area contributed by atoms with Crippen LogP contribution in [0, 0.1) is 11.8 Å². The molecule has 0 N–H and O–H groups in total. The van der Waals surface area contributed by atoms with Crippen molar-refractivity contribution in [2.24, 2.45) is 11.8 Å². The van der Waals surface area contributed by atoms with E-state index in [-0.39, 0.29) is 17.9 Å². The Balaban J connectivity index is 1.83. The van der Waals surface area contributed by atoms with Crippen LogP contribution in [0.4, 0.5) is 0 Å². The third kappa shape index (κ3) is 4.27. The van der Waals surface area contributed by atoms with Crippen LogP contribution in [0.25, 0.3) is 0 Å². The molecule has 5 heteroatoms. The van der Waals surface area contributed by atoms with Gasteiger partial charge >= 0.3 is 7.60 Å². The minimum Gasteiger partial charge on any atom is -0.312 e. The van der Waals surface area contributed by atoms with Gasteiger partial charge in [0.2, 0.25) is 0 Å². The number of Topliss-reactive ketones (excluding diaryl/α,β-unsaturated/α-hetero) is 1. The molecular formula is C14H23O4P. The van der Waals surface area contributed by atoms with Crippen LogP contribution >= 0.6 is 7.60 Å². The second-order valence-electron chi connectivity index (χ2n) is 5.54. The number of ketones is 1. The highest BCUT2D eigenvalue weighted by molar-refractivity contribution is 7.54. The standard InChI is InChI=1S/C14H23O4P/c1-17-19(16,18-2)10-14(15)13-7-5-12(6-8-13)9-11-3-4-11/h9,11,13H,3-8,10H2,1-2H3. The van der Waals surface area contributed by atoms with Gasteiger partial charge in [-0.05, 0) is 44.4 Å². The highest BCUT2D eigenvalue weighted by atomic mass is 31.2. The zero-order chi connectivity index (χ0) is 13.9. The van der Waals surface area contributed by atoms with Crippen LogP contribution in [0.3, 0.4) is 0 Å². The van der Waals surface area contributed by atoms with Crippen molar-refractivity contribution >= 4 is 13.4 Å². The van der Waals surface area contributed by atoms with Crippen molar-refractivity contribution in [2.75, 3.05) is 20.4 Å². The van der Waals surface area contributed by atoms with Gasteiger partial charge in [-0.1, -0.05) is 11.6 Å². The van der Waals surface area contributed by atoms with E-state index in [0.717, 1.165) is 31.6 Å². The number of carbonyl (C=O) groups excluding carboxylic acids is 1. The van der Waals surface area contributed by atoms with Gasteiger partial charge in [0.25, 0.3) is 0 Å². The monoisotopic (exact) mass is 286 g/mol. The molecule has 0 aromatic rings. The Bertz CT molecular complexity index is 394. The number of rotatable bonds is 6. The molecule has 0 spiro atoms. The average Bonchev–Trinajstić information content (AvgIpc) is 3.23. The first-order valence-corrected chi connectivity index (χ1v) is 8.72. The van der Waals surface area contributed by atoms with Crippen molar-refractivity contribution in [3.63, 3.8) is 0 Å². The average molecular weight is 286 g/mol. The minimum atomic E-state index is -3.20. The lowest BCUT2D eigenvalue weighted by molar-refractivity contribution is -0.121. The van der Waals surface area contributed by atoms with Gasteiger partial charge in [-0.2, -0.15) is 0 Å². The van der Waals surface area contributed by atoms with E-state index in [1.807, 2.05) is 0 Å². The summed E-state index contributed by atoms with van der Waals surface area (Å²) in [6.45, 7) is 0. The van der Waals surface area contributed by atoms with Gasteiger partial charge in [0.15, 0.2) is 0 Å². The van der Waals surface area contributed by atoms with E-state index in [1.165, 1.54) is 32.6 Å². The maximum atomic E-state index is 12.1. The molecule has 4 nitrogen and oxygen atoms in total. The molecule has 2 fully saturated rings. The van der Waals surface area contributed by atoms with E-state index >= 15 is 0 Å². The summed E-state index contributed by atoms with van der Waals surface area (Å²) in [5.41, 5.74) is 1.51. The zero-order valence-corrected chi connectivity index (χ0v) is 12.7. The molecule has 0 bridgehead atoms. The Labute approximate surface area is 115 Å². The highest BCUT2D eigenvalue weighted by Gasteiger charge is 2.31. The van der Waals surface area contributed by atoms with E-state index in [4.69, 9.17) is 9.05 Å². The fourth-order valence-corrected chi connectivity index (χ4v) is 3.64. The maximum Gasteiger partial charge on any atom is 0.337 e. The molecule has 0 aromatic heterocycles. The second kappa shape index (κ2) is 6.34. The summed E-state index contributed by atoms with van der Waals surface area (Å²) >= 11 is 0. The van der Waals surface area contributed by atoms with E-state index in [0.29, 0.717) is 0 Å². The van der Waals surface area contributed by atoms with Crippen LogP contribution in [0.5, 0.6) is 0 Å². The number of allylic oxidation sites excluding steroid dienone is 2. The first kappa shape index (κ1) is 15.0. The third-order valence-corrected chi connectivity index (χ3v) is 5.89. The molecule has 2 aliphatic carbocycles. The molecule has 2 rings (SSSR count). The van der Waals surface area contributed by atoms with E-state index in [9.17, 15) is 9.36 Å². The molecule has 0 atom stereocenters. The fraction of sp³-hybridized carbons (Fsp3) is 0.786. The molecule has 19 heavy (non-hydrogen) atoms. The summed E-state index contributed by atoms with van der Waals surface area (Å²) < 4.78 is 21.6. The van der Waals surface area contributed by atoms with Gasteiger partial charge in [0.1, 0.15) is 11.9 Å². The summed E-state index contributed by atoms with van der Waals surface area (Å²) in [7, 11) is -0.539. The van der Waals surface area contributed by atoms with E-state index in [2.05, 4.69) is 6.08 Å². The Morgan fingerprint density at radius 2 is 1.79 bits per heavy atom. The van der Waals surface area contributed by atoms with Crippen LogP contribution in [0.2, 0.25) is 0 Å². The van der Waals surface area contributed by atoms with Crippen molar-refractivity contribution in [1.29, 1.82) is 0 Å². The van der Waals surface area contributed by atoms with Gasteiger partial charge in [-0.25, -0.2) is 0 Å². The number of carbonyl (C=O) groups is 1. The zero-order valence-electron chi connectivity index (χ0n) is 11.8. The van der Waals surface area contributed by atoms with Crippen molar-refractivity contribution in [1.82, 2.24) is 0 Å². The molecule has 0 saturated heterocycles. The highest BCUT2D eigenvalue weighted by Crippen LogP contribution is 2.47. The topological polar surface area (TPSA) is 52.6 Å². The molecule has 2 saturated carbocycles. The molecule has 0 heterocycles. The maximum absolute atomic E-state index is 12.1. The number of hydrogen-bond donors (Lipinski definition) is 0. The molecule has 0 aliphatic heterocycles. The van der Waals surface area contributed by atoms with Gasteiger partial charge < -0.3 is 9.05 Å². The van der Waals surface area contributed by atoms with E-state index < -0.39 is 7.60 Å². The summed E-state index contributed by atoms with van der Waals surface area (Å²) in [6.07, 6.45) is 8.75. The Morgan fingerprint density at radius 3 is 2.26 bits per heavy atom. The van der Waals surface area contributed by atoms with Crippen molar-refractivity contribution in [3.05, 3.63) is 11.6 Å². The fourth-order valence-electron chi connectivity index (χ4n) is 2.60. The minimum absolute atomic E-state index is 0.0231. The van der Waals surface area contributed by atoms with Crippen LogP contribution in [0.15, 0.2) is 11.6 Å². The summed E-state index contributed by atoms with van der Waals surface area (Å²) in [5, 5.41) is 0. The molecule has 0 amide bonds. The summed E-state index contributed by atoms with van der Waals surface area (Å²) in [6, 6.07) is 0. The van der Waals surface area contributed by atoms with Crippen LogP contribution < -0.4 is 0 Å². The molecule has 0 unspecified atom stereocenters. The van der Waals surface area contributed by atoms with Gasteiger partial charge in [0.05, 0.1) is 0 Å². The normalized spacial score (nSPS) is 24.3. The lowest BCUT2D eigenvalue weighted by Crippen LogP contribution is -2.22. The Kier molecular flexibility index (Phi) is 4.99. The summed E-state index contributed by atoms with van der Waals surface area (Å²) in [5.74, 6) is 0.858. The quantitative estimate of drug-likeness (QED) is 0.553. The van der Waals surface area contributed by atoms with Crippen molar-refractivity contribution in [3.8, 4) is 0 Å². The van der Waals surface area contributed by atoms with Gasteiger partial charge in [-0.15, -0.1) is 0 Å². The molecule has 0 aromatic carbocycles. The predicted molar refractivity (Wildman–Crippen MR) is 74.3 cm³/mol. The molecule has 0 radical (unpaired) electrons. The predicted octanol–water partition coefficient (Wildman–Crippen LogP) is 3.57. The van der Waals surface area contributed by atoms with Crippen LogP contribution in [0.1, 0.15) is 38.5 Å². The lowest BCUT2D eigenvalue weighted by Gasteiger charge is -2.24. The van der Waals surface area contributed by atoms with Crippen molar-refractivity contribution in [2.45, 2.75) is 38.5 Å². The third-order valence-electron chi connectivity index (χ3n) is 4.08. The van der Waals surface area contributed by atoms with E-state index in [1.54, 1.807) is 0 Å². The Hall–Kier alpha value is -0.440. The van der Waals surface area contributed by atoms with Gasteiger partial charge in [0, 0.05) is 20.1 Å². The smallest absolute Gasteiger partial charge is 0.312 e. The summed E-state index contributed by atoms with van der Waals surface area (Å²) in [4.78, 5) is 12.1. The number of hydrogen-bond acceptors (Lipinski definition) is 4. The SMILES string of the molecule is COP(=O)(CC(=O)C1CCC(=CC2CC2)CC1)OC. The molecule has 108 valence electrons. The Morgan fingerprint density at radius 1 is 1.21 bits per heavy atom. The molecule has 2 aliphatic rings. The van der Waals surface area contributed by atoms with Crippen molar-refractivity contribution < 1.29 is 18.4 Å². The second-order valence-corrected chi connectivity index (χ2v) is 7.81. The van der Waals surface area contributed by atoms with Gasteiger partial charge in [-0.3, -0.25) is 9.36 Å². The van der Waals surface area contributed by atoms with Crippen LogP contribution in [-0.4, -0.2) is 26.2 Å². The van der Waals surface area contributed by atoms with Crippen LogP contribution in [-0.2, 0) is 18.4 Å². The largest absolute Gasteiger partial charge is 0.337 e. The molecular weight excluding hydrogens is 263 g/mol. The first-order valence-electron chi connectivity index (χ1n) is 6.99. The first-order chi connectivity index (χ1) is 9.06. The lowest BCUT2D eigenvalue weighted by atomic mass is 9.83.